The first kappa shape index (κ1) is 17.0. The molecule has 2 rings (SSSR count). The van der Waals surface area contributed by atoms with E-state index >= 15 is 0 Å². The van der Waals surface area contributed by atoms with Crippen LogP contribution in [0.4, 0.5) is 5.69 Å². The molecule has 4 heteroatoms. The lowest BCUT2D eigenvalue weighted by molar-refractivity contribution is -0.121. The minimum absolute atomic E-state index is 0.0304. The first-order chi connectivity index (χ1) is 11.1. The lowest BCUT2D eigenvalue weighted by Gasteiger charge is -2.17. The van der Waals surface area contributed by atoms with Crippen molar-refractivity contribution in [1.29, 1.82) is 0 Å². The zero-order valence-electron chi connectivity index (χ0n) is 14.1. The van der Waals surface area contributed by atoms with E-state index in [9.17, 15) is 4.79 Å². The van der Waals surface area contributed by atoms with Crippen LogP contribution in [-0.4, -0.2) is 17.4 Å². The van der Waals surface area contributed by atoms with Crippen LogP contribution in [0.25, 0.3) is 0 Å². The molecule has 23 heavy (non-hydrogen) atoms. The molecule has 1 heterocycles. The first-order valence-corrected chi connectivity index (χ1v) is 8.08. The zero-order valence-corrected chi connectivity index (χ0v) is 14.1. The van der Waals surface area contributed by atoms with Crippen LogP contribution in [0, 0.1) is 6.92 Å². The Morgan fingerprint density at radius 2 is 2.00 bits per heavy atom. The Labute approximate surface area is 138 Å². The number of hydrogen-bond donors (Lipinski definition) is 2. The van der Waals surface area contributed by atoms with Crippen molar-refractivity contribution in [3.63, 3.8) is 0 Å². The van der Waals surface area contributed by atoms with E-state index < -0.39 is 0 Å². The third-order valence-electron chi connectivity index (χ3n) is 3.77. The topological polar surface area (TPSA) is 54.0 Å². The smallest absolute Gasteiger partial charge is 0.222 e. The van der Waals surface area contributed by atoms with E-state index in [1.54, 1.807) is 6.20 Å². The zero-order chi connectivity index (χ0) is 16.7. The van der Waals surface area contributed by atoms with Crippen LogP contribution in [0.2, 0.25) is 0 Å². The summed E-state index contributed by atoms with van der Waals surface area (Å²) < 4.78 is 0. The molecule has 4 nitrogen and oxygen atoms in total. The van der Waals surface area contributed by atoms with Crippen LogP contribution in [0.1, 0.15) is 43.0 Å². The van der Waals surface area contributed by atoms with E-state index in [0.29, 0.717) is 25.4 Å². The first-order valence-electron chi connectivity index (χ1n) is 8.08. The molecule has 0 bridgehead atoms. The van der Waals surface area contributed by atoms with E-state index in [2.05, 4.69) is 54.6 Å². The van der Waals surface area contributed by atoms with Gasteiger partial charge in [-0.05, 0) is 36.1 Å². The molecule has 0 radical (unpaired) electrons. The molecule has 2 N–H and O–H groups in total. The van der Waals surface area contributed by atoms with Crippen molar-refractivity contribution in [3.05, 3.63) is 59.4 Å². The molecule has 0 atom stereocenters. The summed E-state index contributed by atoms with van der Waals surface area (Å²) in [6.45, 7) is 7.55. The lowest BCUT2D eigenvalue weighted by Crippen LogP contribution is -2.25. The van der Waals surface area contributed by atoms with Gasteiger partial charge in [0.15, 0.2) is 0 Å². The van der Waals surface area contributed by atoms with Crippen molar-refractivity contribution in [3.8, 4) is 0 Å². The second kappa shape index (κ2) is 8.32. The number of rotatable bonds is 7. The van der Waals surface area contributed by atoms with Crippen molar-refractivity contribution in [1.82, 2.24) is 10.3 Å². The molecule has 0 aliphatic heterocycles. The molecular weight excluding hydrogens is 286 g/mol. The van der Waals surface area contributed by atoms with Crippen LogP contribution >= 0.6 is 0 Å². The molecule has 0 aliphatic carbocycles. The summed E-state index contributed by atoms with van der Waals surface area (Å²) in [5, 5.41) is 6.31. The quantitative estimate of drug-likeness (QED) is 0.821. The van der Waals surface area contributed by atoms with Gasteiger partial charge in [0.25, 0.3) is 0 Å². The number of nitrogens with one attached hydrogen (secondary N) is 2. The monoisotopic (exact) mass is 311 g/mol. The van der Waals surface area contributed by atoms with E-state index in [1.807, 2.05) is 18.2 Å². The number of aryl methyl sites for hydroxylation is 1. The maximum atomic E-state index is 11.9. The van der Waals surface area contributed by atoms with Crippen molar-refractivity contribution in [2.45, 2.75) is 39.7 Å². The Balaban J connectivity index is 1.82. The molecule has 1 aromatic heterocycles. The highest BCUT2D eigenvalue weighted by molar-refractivity contribution is 5.76. The van der Waals surface area contributed by atoms with Gasteiger partial charge in [-0.15, -0.1) is 0 Å². The molecule has 0 unspecified atom stereocenters. The summed E-state index contributed by atoms with van der Waals surface area (Å²) in [7, 11) is 0. The largest absolute Gasteiger partial charge is 0.384 e. The fourth-order valence-electron chi connectivity index (χ4n) is 2.49. The normalized spacial score (nSPS) is 10.6. The Morgan fingerprint density at radius 3 is 2.70 bits per heavy atom. The van der Waals surface area contributed by atoms with E-state index in [-0.39, 0.29) is 5.91 Å². The van der Waals surface area contributed by atoms with Gasteiger partial charge >= 0.3 is 0 Å². The highest BCUT2D eigenvalue weighted by atomic mass is 16.1. The molecule has 0 saturated heterocycles. The average molecular weight is 311 g/mol. The van der Waals surface area contributed by atoms with Crippen molar-refractivity contribution < 1.29 is 4.79 Å². The molecule has 1 aromatic carbocycles. The number of anilines is 1. The number of carbonyl (C=O) groups is 1. The Hall–Kier alpha value is -2.36. The number of nitrogens with zero attached hydrogens (tertiary/aromatic N) is 1. The van der Waals surface area contributed by atoms with Gasteiger partial charge in [-0.2, -0.15) is 0 Å². The molecule has 1 amide bonds. The van der Waals surface area contributed by atoms with Gasteiger partial charge in [0.1, 0.15) is 0 Å². The average Bonchev–Trinajstić information content (AvgIpc) is 2.55. The van der Waals surface area contributed by atoms with Gasteiger partial charge in [0.05, 0.1) is 12.2 Å². The summed E-state index contributed by atoms with van der Waals surface area (Å²) in [6, 6.07) is 12.0. The lowest BCUT2D eigenvalue weighted by atomic mass is 9.98. The molecule has 2 aromatic rings. The van der Waals surface area contributed by atoms with E-state index in [4.69, 9.17) is 0 Å². The van der Waals surface area contributed by atoms with Gasteiger partial charge in [-0.1, -0.05) is 38.1 Å². The summed E-state index contributed by atoms with van der Waals surface area (Å²) in [6.07, 6.45) is 2.17. The Morgan fingerprint density at radius 1 is 1.17 bits per heavy atom. The second-order valence-electron chi connectivity index (χ2n) is 5.97. The minimum atomic E-state index is 0.0304. The number of carbonyl (C=O) groups excluding carboxylic acids is 1. The summed E-state index contributed by atoms with van der Waals surface area (Å²) in [5.74, 6) is 0.484. The maximum Gasteiger partial charge on any atom is 0.222 e. The number of amides is 1. The fraction of sp³-hybridized carbons (Fsp3) is 0.368. The number of pyridine rings is 1. The van der Waals surface area contributed by atoms with Crippen LogP contribution < -0.4 is 10.6 Å². The number of para-hydroxylation sites is 1. The standard InChI is InChI=1S/C19H25N3O/c1-14(2)17-9-6-7-15(3)19(17)21-12-10-18(23)22-13-16-8-4-5-11-20-16/h4-9,11,14,21H,10,12-13H2,1-3H3,(H,22,23). The highest BCUT2D eigenvalue weighted by Gasteiger charge is 2.09. The molecule has 0 spiro atoms. The highest BCUT2D eigenvalue weighted by Crippen LogP contribution is 2.27. The Bertz CT molecular complexity index is 638. The summed E-state index contributed by atoms with van der Waals surface area (Å²) in [4.78, 5) is 16.1. The van der Waals surface area contributed by atoms with E-state index in [1.165, 1.54) is 11.1 Å². The number of benzene rings is 1. The third-order valence-corrected chi connectivity index (χ3v) is 3.77. The number of hydrogen-bond acceptors (Lipinski definition) is 3. The van der Waals surface area contributed by atoms with Gasteiger partial charge in [-0.25, -0.2) is 0 Å². The second-order valence-corrected chi connectivity index (χ2v) is 5.97. The molecule has 0 saturated carbocycles. The molecule has 122 valence electrons. The third kappa shape index (κ3) is 5.09. The summed E-state index contributed by atoms with van der Waals surface area (Å²) >= 11 is 0. The van der Waals surface area contributed by atoms with E-state index in [0.717, 1.165) is 11.4 Å². The Kier molecular flexibility index (Phi) is 6.15. The molecular formula is C19H25N3O. The van der Waals surface area contributed by atoms with Gasteiger partial charge in [0.2, 0.25) is 5.91 Å². The molecule has 0 fully saturated rings. The van der Waals surface area contributed by atoms with Crippen LogP contribution in [-0.2, 0) is 11.3 Å². The summed E-state index contributed by atoms with van der Waals surface area (Å²) in [5.41, 5.74) is 4.53. The van der Waals surface area contributed by atoms with Gasteiger partial charge < -0.3 is 10.6 Å². The van der Waals surface area contributed by atoms with Crippen LogP contribution in [0.15, 0.2) is 42.6 Å². The predicted molar refractivity (Wildman–Crippen MR) is 94.5 cm³/mol. The number of aromatic nitrogens is 1. The van der Waals surface area contributed by atoms with Crippen molar-refractivity contribution in [2.75, 3.05) is 11.9 Å². The minimum Gasteiger partial charge on any atom is -0.384 e. The van der Waals surface area contributed by atoms with Crippen molar-refractivity contribution >= 4 is 11.6 Å². The fourth-order valence-corrected chi connectivity index (χ4v) is 2.49. The van der Waals surface area contributed by atoms with Crippen LogP contribution in [0.3, 0.4) is 0 Å². The molecule has 0 aliphatic rings. The van der Waals surface area contributed by atoms with Crippen LogP contribution in [0.5, 0.6) is 0 Å². The van der Waals surface area contributed by atoms with Gasteiger partial charge in [0, 0.05) is 24.8 Å². The van der Waals surface area contributed by atoms with Crippen molar-refractivity contribution in [2.24, 2.45) is 0 Å². The van der Waals surface area contributed by atoms with Gasteiger partial charge in [-0.3, -0.25) is 9.78 Å². The SMILES string of the molecule is Cc1cccc(C(C)C)c1NCCC(=O)NCc1ccccn1. The predicted octanol–water partition coefficient (Wildman–Crippen LogP) is 3.63. The maximum absolute atomic E-state index is 11.9.